The first kappa shape index (κ1) is 11.5. The summed E-state index contributed by atoms with van der Waals surface area (Å²) < 4.78 is 5.20. The number of esters is 1. The topological polar surface area (TPSA) is 52.3 Å². The van der Waals surface area contributed by atoms with E-state index < -0.39 is 5.54 Å². The van der Waals surface area contributed by atoms with Gasteiger partial charge in [0, 0.05) is 0 Å². The number of ether oxygens (including phenoxy) is 1. The van der Waals surface area contributed by atoms with Gasteiger partial charge in [0.2, 0.25) is 0 Å². The van der Waals surface area contributed by atoms with Gasteiger partial charge in [0.1, 0.15) is 5.54 Å². The third kappa shape index (κ3) is 2.71. The molecule has 1 rings (SSSR count). The van der Waals surface area contributed by atoms with Crippen LogP contribution in [0.15, 0.2) is 0 Å². The van der Waals surface area contributed by atoms with Crippen LogP contribution in [0.2, 0.25) is 0 Å². The Kier molecular flexibility index (Phi) is 3.93. The van der Waals surface area contributed by atoms with Crippen molar-refractivity contribution in [1.29, 1.82) is 0 Å². The molecule has 0 spiro atoms. The molecule has 82 valence electrons. The van der Waals surface area contributed by atoms with Crippen LogP contribution in [-0.4, -0.2) is 18.1 Å². The average molecular weight is 199 g/mol. The van der Waals surface area contributed by atoms with Gasteiger partial charge < -0.3 is 10.5 Å². The van der Waals surface area contributed by atoms with E-state index >= 15 is 0 Å². The Balaban J connectivity index is 2.20. The molecule has 1 fully saturated rings. The number of hydrogen-bond donors (Lipinski definition) is 1. The molecule has 1 atom stereocenters. The lowest BCUT2D eigenvalue weighted by Gasteiger charge is -2.35. The lowest BCUT2D eigenvalue weighted by Crippen LogP contribution is -2.54. The molecular weight excluding hydrogens is 178 g/mol. The van der Waals surface area contributed by atoms with Crippen LogP contribution in [0.5, 0.6) is 0 Å². The maximum atomic E-state index is 11.5. The highest BCUT2D eigenvalue weighted by Crippen LogP contribution is 2.30. The normalized spacial score (nSPS) is 21.1. The fraction of sp³-hybridized carbons (Fsp3) is 0.909. The van der Waals surface area contributed by atoms with Gasteiger partial charge in [0.05, 0.1) is 6.61 Å². The molecule has 1 aliphatic carbocycles. The van der Waals surface area contributed by atoms with Crippen molar-refractivity contribution < 1.29 is 9.53 Å². The first-order valence-electron chi connectivity index (χ1n) is 5.54. The molecule has 0 aromatic carbocycles. The zero-order valence-corrected chi connectivity index (χ0v) is 9.21. The number of carbonyl (C=O) groups excluding carboxylic acids is 1. The molecule has 0 aromatic heterocycles. The summed E-state index contributed by atoms with van der Waals surface area (Å²) >= 11 is 0. The van der Waals surface area contributed by atoms with Gasteiger partial charge in [0.15, 0.2) is 0 Å². The molecule has 2 N–H and O–H groups in total. The lowest BCUT2D eigenvalue weighted by atomic mass is 9.78. The quantitative estimate of drug-likeness (QED) is 0.687. The van der Waals surface area contributed by atoms with Crippen molar-refractivity contribution >= 4 is 5.97 Å². The molecule has 14 heavy (non-hydrogen) atoms. The zero-order valence-electron chi connectivity index (χ0n) is 9.21. The summed E-state index contributed by atoms with van der Waals surface area (Å²) in [6.45, 7) is 4.75. The maximum absolute atomic E-state index is 11.5. The van der Waals surface area contributed by atoms with Crippen LogP contribution < -0.4 is 5.73 Å². The molecule has 3 nitrogen and oxygen atoms in total. The van der Waals surface area contributed by atoms with E-state index in [1.165, 1.54) is 0 Å². The summed E-state index contributed by atoms with van der Waals surface area (Å²) in [6, 6.07) is 0. The molecule has 0 aromatic rings. The Hall–Kier alpha value is -0.570. The highest BCUT2D eigenvalue weighted by atomic mass is 16.5. The van der Waals surface area contributed by atoms with Crippen LogP contribution in [0.3, 0.4) is 0 Å². The number of carbonyl (C=O) groups is 1. The van der Waals surface area contributed by atoms with Gasteiger partial charge >= 0.3 is 5.97 Å². The van der Waals surface area contributed by atoms with Gasteiger partial charge in [-0.15, -0.1) is 0 Å². The van der Waals surface area contributed by atoms with Crippen LogP contribution in [0.4, 0.5) is 0 Å². The molecule has 0 aliphatic heterocycles. The standard InChI is InChI=1S/C11H21NO2/c1-3-5-9(2)8-14-10(13)11(12)6-4-7-11/h9H,3-8,12H2,1-2H3. The van der Waals surface area contributed by atoms with Crippen molar-refractivity contribution in [3.63, 3.8) is 0 Å². The molecule has 0 amide bonds. The third-order valence-electron chi connectivity index (χ3n) is 2.93. The SMILES string of the molecule is CCCC(C)COC(=O)C1(N)CCC1. The number of hydrogen-bond acceptors (Lipinski definition) is 3. The van der Waals surface area contributed by atoms with Crippen LogP contribution in [-0.2, 0) is 9.53 Å². The van der Waals surface area contributed by atoms with E-state index in [9.17, 15) is 4.79 Å². The Morgan fingerprint density at radius 1 is 1.57 bits per heavy atom. The second-order valence-corrected chi connectivity index (χ2v) is 4.50. The molecule has 1 aliphatic rings. The van der Waals surface area contributed by atoms with Gasteiger partial charge in [-0.25, -0.2) is 0 Å². The number of nitrogens with two attached hydrogens (primary N) is 1. The maximum Gasteiger partial charge on any atom is 0.326 e. The summed E-state index contributed by atoms with van der Waals surface area (Å²) in [5.41, 5.74) is 5.19. The fourth-order valence-corrected chi connectivity index (χ4v) is 1.70. The highest BCUT2D eigenvalue weighted by molar-refractivity contribution is 5.81. The van der Waals surface area contributed by atoms with Crippen molar-refractivity contribution in [3.05, 3.63) is 0 Å². The first-order valence-corrected chi connectivity index (χ1v) is 5.54. The van der Waals surface area contributed by atoms with Gasteiger partial charge in [-0.2, -0.15) is 0 Å². The van der Waals surface area contributed by atoms with Gasteiger partial charge in [0.25, 0.3) is 0 Å². The summed E-state index contributed by atoms with van der Waals surface area (Å²) in [4.78, 5) is 11.5. The van der Waals surface area contributed by atoms with Crippen LogP contribution in [0.25, 0.3) is 0 Å². The molecule has 1 unspecified atom stereocenters. The van der Waals surface area contributed by atoms with Crippen LogP contribution in [0, 0.1) is 5.92 Å². The van der Waals surface area contributed by atoms with Crippen molar-refractivity contribution in [2.45, 2.75) is 51.5 Å². The molecule has 3 heteroatoms. The van der Waals surface area contributed by atoms with Gasteiger partial charge in [-0.1, -0.05) is 20.3 Å². The summed E-state index contributed by atoms with van der Waals surface area (Å²) in [5.74, 6) is 0.249. The van der Waals surface area contributed by atoms with Crippen molar-refractivity contribution in [1.82, 2.24) is 0 Å². The molecule has 0 saturated heterocycles. The largest absolute Gasteiger partial charge is 0.464 e. The first-order chi connectivity index (χ1) is 6.58. The predicted octanol–water partition coefficient (Wildman–Crippen LogP) is 1.85. The number of rotatable bonds is 5. The molecule has 0 bridgehead atoms. The van der Waals surface area contributed by atoms with E-state index in [1.807, 2.05) is 0 Å². The van der Waals surface area contributed by atoms with E-state index in [2.05, 4.69) is 13.8 Å². The second-order valence-electron chi connectivity index (χ2n) is 4.50. The molecular formula is C11H21NO2. The minimum absolute atomic E-state index is 0.202. The third-order valence-corrected chi connectivity index (χ3v) is 2.93. The highest BCUT2D eigenvalue weighted by Gasteiger charge is 2.41. The van der Waals surface area contributed by atoms with Crippen molar-refractivity contribution in [2.24, 2.45) is 11.7 Å². The van der Waals surface area contributed by atoms with E-state index in [4.69, 9.17) is 10.5 Å². The van der Waals surface area contributed by atoms with Crippen LogP contribution >= 0.6 is 0 Å². The monoisotopic (exact) mass is 199 g/mol. The smallest absolute Gasteiger partial charge is 0.326 e. The lowest BCUT2D eigenvalue weighted by molar-refractivity contribution is -0.154. The van der Waals surface area contributed by atoms with Crippen molar-refractivity contribution in [2.75, 3.05) is 6.61 Å². The van der Waals surface area contributed by atoms with Crippen LogP contribution in [0.1, 0.15) is 46.0 Å². The van der Waals surface area contributed by atoms with E-state index in [0.717, 1.165) is 32.1 Å². The second kappa shape index (κ2) is 4.78. The Labute approximate surface area is 86.0 Å². The summed E-state index contributed by atoms with van der Waals surface area (Å²) in [6.07, 6.45) is 4.86. The minimum Gasteiger partial charge on any atom is -0.464 e. The molecule has 0 heterocycles. The predicted molar refractivity (Wildman–Crippen MR) is 55.8 cm³/mol. The Bertz CT molecular complexity index is 199. The Morgan fingerprint density at radius 2 is 2.21 bits per heavy atom. The van der Waals surface area contributed by atoms with Gasteiger partial charge in [-0.3, -0.25) is 4.79 Å². The minimum atomic E-state index is -0.647. The van der Waals surface area contributed by atoms with E-state index in [1.54, 1.807) is 0 Å². The molecule has 1 saturated carbocycles. The summed E-state index contributed by atoms with van der Waals surface area (Å²) in [7, 11) is 0. The average Bonchev–Trinajstić information content (AvgIpc) is 2.11. The van der Waals surface area contributed by atoms with Crippen molar-refractivity contribution in [3.8, 4) is 0 Å². The van der Waals surface area contributed by atoms with E-state index in [0.29, 0.717) is 12.5 Å². The summed E-state index contributed by atoms with van der Waals surface area (Å²) in [5, 5.41) is 0. The van der Waals surface area contributed by atoms with Gasteiger partial charge in [-0.05, 0) is 31.6 Å². The Morgan fingerprint density at radius 3 is 2.64 bits per heavy atom. The fourth-order valence-electron chi connectivity index (χ4n) is 1.70. The molecule has 0 radical (unpaired) electrons. The zero-order chi connectivity index (χ0) is 10.6. The van der Waals surface area contributed by atoms with E-state index in [-0.39, 0.29) is 5.97 Å².